The molecule has 1 rings (SSSR count). The largest absolute Gasteiger partial charge is 0.126 e. The molecule has 0 unspecified atom stereocenters. The molecule has 14 heavy (non-hydrogen) atoms. The van der Waals surface area contributed by atoms with Crippen molar-refractivity contribution in [1.82, 2.24) is 0 Å². The van der Waals surface area contributed by atoms with Crippen LogP contribution >= 0.6 is 11.6 Å². The summed E-state index contributed by atoms with van der Waals surface area (Å²) in [6, 6.07) is 8.37. The summed E-state index contributed by atoms with van der Waals surface area (Å²) in [5.41, 5.74) is 2.42. The van der Waals surface area contributed by atoms with E-state index in [1.165, 1.54) is 5.56 Å². The van der Waals surface area contributed by atoms with Gasteiger partial charge in [-0.1, -0.05) is 37.8 Å². The van der Waals surface area contributed by atoms with Crippen LogP contribution in [0.2, 0.25) is 0 Å². The Bertz CT molecular complexity index is 342. The van der Waals surface area contributed by atoms with Crippen LogP contribution < -0.4 is 0 Å². The quantitative estimate of drug-likeness (QED) is 0.510. The number of hydrogen-bond acceptors (Lipinski definition) is 0. The number of halogens is 1. The first-order valence-electron chi connectivity index (χ1n) is 4.89. The van der Waals surface area contributed by atoms with Crippen LogP contribution in [0.1, 0.15) is 37.3 Å². The topological polar surface area (TPSA) is 0 Å². The SMILES string of the molecule is CC(C)c1cccc(C#CCCCl)c1. The van der Waals surface area contributed by atoms with Crippen LogP contribution in [0.3, 0.4) is 0 Å². The molecule has 0 aliphatic carbocycles. The molecule has 0 radical (unpaired) electrons. The molecule has 0 amide bonds. The van der Waals surface area contributed by atoms with Gasteiger partial charge in [0.1, 0.15) is 0 Å². The van der Waals surface area contributed by atoms with Gasteiger partial charge in [0.2, 0.25) is 0 Å². The summed E-state index contributed by atoms with van der Waals surface area (Å²) in [5.74, 6) is 7.31. The lowest BCUT2D eigenvalue weighted by molar-refractivity contribution is 0.866. The normalized spacial score (nSPS) is 9.71. The van der Waals surface area contributed by atoms with E-state index in [-0.39, 0.29) is 0 Å². The van der Waals surface area contributed by atoms with E-state index in [1.54, 1.807) is 0 Å². The summed E-state index contributed by atoms with van der Waals surface area (Å²) in [4.78, 5) is 0. The maximum atomic E-state index is 5.55. The van der Waals surface area contributed by atoms with Crippen LogP contribution in [-0.2, 0) is 0 Å². The maximum absolute atomic E-state index is 5.55. The van der Waals surface area contributed by atoms with E-state index >= 15 is 0 Å². The highest BCUT2D eigenvalue weighted by atomic mass is 35.5. The van der Waals surface area contributed by atoms with E-state index in [9.17, 15) is 0 Å². The highest BCUT2D eigenvalue weighted by Crippen LogP contribution is 2.14. The van der Waals surface area contributed by atoms with Crippen molar-refractivity contribution >= 4 is 11.6 Å². The van der Waals surface area contributed by atoms with Gasteiger partial charge in [-0.2, -0.15) is 0 Å². The van der Waals surface area contributed by atoms with Gasteiger partial charge in [-0.3, -0.25) is 0 Å². The zero-order valence-corrected chi connectivity index (χ0v) is 9.43. The van der Waals surface area contributed by atoms with Crippen LogP contribution in [0.4, 0.5) is 0 Å². The molecule has 1 aromatic rings. The van der Waals surface area contributed by atoms with E-state index in [2.05, 4.69) is 43.9 Å². The zero-order valence-electron chi connectivity index (χ0n) is 8.68. The molecule has 0 N–H and O–H groups in total. The number of alkyl halides is 1. The average molecular weight is 207 g/mol. The minimum atomic E-state index is 0.560. The Balaban J connectivity index is 2.80. The maximum Gasteiger partial charge on any atom is 0.0333 e. The Morgan fingerprint density at radius 3 is 2.79 bits per heavy atom. The van der Waals surface area contributed by atoms with Crippen molar-refractivity contribution in [3.05, 3.63) is 35.4 Å². The first-order valence-corrected chi connectivity index (χ1v) is 5.42. The molecular formula is C13H15Cl. The Kier molecular flexibility index (Phi) is 4.56. The van der Waals surface area contributed by atoms with Gasteiger partial charge in [-0.25, -0.2) is 0 Å². The summed E-state index contributed by atoms with van der Waals surface area (Å²) < 4.78 is 0. The third-order valence-corrected chi connectivity index (χ3v) is 2.19. The molecule has 0 aromatic heterocycles. The fourth-order valence-corrected chi connectivity index (χ4v) is 1.28. The van der Waals surface area contributed by atoms with Gasteiger partial charge in [-0.05, 0) is 23.6 Å². The van der Waals surface area contributed by atoms with E-state index < -0.39 is 0 Å². The monoisotopic (exact) mass is 206 g/mol. The Labute approximate surface area is 91.3 Å². The zero-order chi connectivity index (χ0) is 10.4. The van der Waals surface area contributed by atoms with Gasteiger partial charge in [0.05, 0.1) is 0 Å². The Hall–Kier alpha value is -0.930. The van der Waals surface area contributed by atoms with Crippen LogP contribution in [-0.4, -0.2) is 5.88 Å². The molecule has 0 fully saturated rings. The average Bonchev–Trinajstić information content (AvgIpc) is 2.19. The standard InChI is InChI=1S/C13H15Cl/c1-11(2)13-8-5-7-12(10-13)6-3-4-9-14/h5,7-8,10-11H,4,9H2,1-2H3. The Morgan fingerprint density at radius 2 is 2.14 bits per heavy atom. The second kappa shape index (κ2) is 5.73. The molecule has 0 saturated carbocycles. The van der Waals surface area contributed by atoms with Crippen molar-refractivity contribution in [3.63, 3.8) is 0 Å². The van der Waals surface area contributed by atoms with Gasteiger partial charge in [0.15, 0.2) is 0 Å². The van der Waals surface area contributed by atoms with E-state index in [1.807, 2.05) is 6.07 Å². The first kappa shape index (κ1) is 11.1. The third-order valence-electron chi connectivity index (χ3n) is 2.01. The van der Waals surface area contributed by atoms with Crippen molar-refractivity contribution in [2.24, 2.45) is 0 Å². The fourth-order valence-electron chi connectivity index (χ4n) is 1.19. The summed E-state index contributed by atoms with van der Waals surface area (Å²) in [7, 11) is 0. The predicted molar refractivity (Wildman–Crippen MR) is 62.7 cm³/mol. The molecule has 0 aliphatic heterocycles. The first-order chi connectivity index (χ1) is 6.74. The highest BCUT2D eigenvalue weighted by molar-refractivity contribution is 6.18. The molecule has 1 heteroatoms. The molecule has 74 valence electrons. The van der Waals surface area contributed by atoms with Crippen LogP contribution in [0.15, 0.2) is 24.3 Å². The molecule has 0 saturated heterocycles. The number of benzene rings is 1. The smallest absolute Gasteiger partial charge is 0.0333 e. The summed E-state index contributed by atoms with van der Waals surface area (Å²) in [5, 5.41) is 0. The minimum absolute atomic E-state index is 0.560. The van der Waals surface area contributed by atoms with Gasteiger partial charge in [0.25, 0.3) is 0 Å². The van der Waals surface area contributed by atoms with E-state index in [0.29, 0.717) is 11.8 Å². The van der Waals surface area contributed by atoms with E-state index in [4.69, 9.17) is 11.6 Å². The molecule has 0 atom stereocenters. The minimum Gasteiger partial charge on any atom is -0.126 e. The highest BCUT2D eigenvalue weighted by Gasteiger charge is 1.97. The molecule has 0 bridgehead atoms. The van der Waals surface area contributed by atoms with E-state index in [0.717, 1.165) is 12.0 Å². The van der Waals surface area contributed by atoms with Crippen molar-refractivity contribution in [2.45, 2.75) is 26.2 Å². The number of rotatable bonds is 2. The molecular weight excluding hydrogens is 192 g/mol. The van der Waals surface area contributed by atoms with Crippen molar-refractivity contribution in [2.75, 3.05) is 5.88 Å². The van der Waals surface area contributed by atoms with Crippen molar-refractivity contribution in [3.8, 4) is 11.8 Å². The second-order valence-corrected chi connectivity index (χ2v) is 3.90. The summed E-state index contributed by atoms with van der Waals surface area (Å²) >= 11 is 5.55. The Morgan fingerprint density at radius 1 is 1.36 bits per heavy atom. The predicted octanol–water partition coefficient (Wildman–Crippen LogP) is 3.79. The van der Waals surface area contributed by atoms with Crippen molar-refractivity contribution < 1.29 is 0 Å². The second-order valence-electron chi connectivity index (χ2n) is 3.52. The third kappa shape index (κ3) is 3.44. The lowest BCUT2D eigenvalue weighted by Crippen LogP contribution is -1.87. The summed E-state index contributed by atoms with van der Waals surface area (Å²) in [6.07, 6.45) is 0.757. The van der Waals surface area contributed by atoms with Gasteiger partial charge >= 0.3 is 0 Å². The van der Waals surface area contributed by atoms with Crippen LogP contribution in [0.25, 0.3) is 0 Å². The molecule has 0 nitrogen and oxygen atoms in total. The van der Waals surface area contributed by atoms with Crippen LogP contribution in [0, 0.1) is 11.8 Å². The molecule has 0 spiro atoms. The molecule has 0 aliphatic rings. The lowest BCUT2D eigenvalue weighted by Gasteiger charge is -2.04. The molecule has 1 aromatic carbocycles. The van der Waals surface area contributed by atoms with Gasteiger partial charge in [-0.15, -0.1) is 11.6 Å². The summed E-state index contributed by atoms with van der Waals surface area (Å²) in [6.45, 7) is 4.37. The van der Waals surface area contributed by atoms with Crippen molar-refractivity contribution in [1.29, 1.82) is 0 Å². The van der Waals surface area contributed by atoms with Gasteiger partial charge in [0, 0.05) is 17.9 Å². The van der Waals surface area contributed by atoms with Gasteiger partial charge < -0.3 is 0 Å². The molecule has 0 heterocycles. The van der Waals surface area contributed by atoms with Crippen LogP contribution in [0.5, 0.6) is 0 Å². The fraction of sp³-hybridized carbons (Fsp3) is 0.385. The lowest BCUT2D eigenvalue weighted by atomic mass is 10.0. The number of hydrogen-bond donors (Lipinski definition) is 0.